The summed E-state index contributed by atoms with van der Waals surface area (Å²) in [6, 6.07) is 8.65. The smallest absolute Gasteiger partial charge is 0.291 e. The summed E-state index contributed by atoms with van der Waals surface area (Å²) >= 11 is 1.49. The Balaban J connectivity index is 1.51. The lowest BCUT2D eigenvalue weighted by Gasteiger charge is -2.57. The van der Waals surface area contributed by atoms with E-state index in [1.807, 2.05) is 22.1 Å². The summed E-state index contributed by atoms with van der Waals surface area (Å²) in [5, 5.41) is 14.0. The van der Waals surface area contributed by atoms with Gasteiger partial charge in [-0.25, -0.2) is 4.79 Å². The maximum absolute atomic E-state index is 13.2. The Morgan fingerprint density at radius 3 is 2.43 bits per heavy atom. The van der Waals surface area contributed by atoms with Gasteiger partial charge in [0.25, 0.3) is 5.69 Å². The first-order valence-corrected chi connectivity index (χ1v) is 11.6. The quantitative estimate of drug-likeness (QED) is 0.426. The van der Waals surface area contributed by atoms with E-state index in [0.29, 0.717) is 17.6 Å². The fourth-order valence-electron chi connectivity index (χ4n) is 6.95. The molecule has 7 rings (SSSR count). The van der Waals surface area contributed by atoms with Crippen LogP contribution in [0, 0.1) is 33.3 Å². The largest absolute Gasteiger partial charge is 0.348 e. The average Bonchev–Trinajstić information content (AvgIpc) is 3.23. The number of nitro benzene ring substituents is 1. The molecule has 154 valence electrons. The maximum atomic E-state index is 13.2. The monoisotopic (exact) mass is 421 g/mol. The van der Waals surface area contributed by atoms with Gasteiger partial charge < -0.3 is 0 Å². The van der Waals surface area contributed by atoms with Crippen LogP contribution in [0.3, 0.4) is 0 Å². The molecular formula is C23H23N3O3S. The van der Waals surface area contributed by atoms with Gasteiger partial charge in [-0.05, 0) is 79.2 Å². The lowest BCUT2D eigenvalue weighted by atomic mass is 9.49. The van der Waals surface area contributed by atoms with Gasteiger partial charge in [0.2, 0.25) is 0 Å². The highest BCUT2D eigenvalue weighted by molar-refractivity contribution is 7.13. The van der Waals surface area contributed by atoms with Crippen LogP contribution in [0.5, 0.6) is 0 Å². The van der Waals surface area contributed by atoms with Crippen LogP contribution in [0.25, 0.3) is 21.5 Å². The van der Waals surface area contributed by atoms with Gasteiger partial charge in [0, 0.05) is 24.1 Å². The van der Waals surface area contributed by atoms with E-state index >= 15 is 0 Å². The molecule has 0 saturated heterocycles. The van der Waals surface area contributed by atoms with E-state index in [0.717, 1.165) is 28.1 Å². The number of nitrogens with zero attached hydrogens (tertiary/aromatic N) is 3. The maximum Gasteiger partial charge on any atom is 0.348 e. The molecule has 6 nitrogen and oxygen atoms in total. The normalized spacial score (nSPS) is 29.5. The molecule has 30 heavy (non-hydrogen) atoms. The van der Waals surface area contributed by atoms with E-state index in [1.165, 1.54) is 55.9 Å². The molecule has 7 heteroatoms. The summed E-state index contributed by atoms with van der Waals surface area (Å²) < 4.78 is 1.81. The minimum Gasteiger partial charge on any atom is -0.291 e. The zero-order valence-corrected chi connectivity index (χ0v) is 17.4. The molecule has 0 spiro atoms. The second-order valence-corrected chi connectivity index (χ2v) is 10.6. The van der Waals surface area contributed by atoms with Crippen molar-refractivity contribution in [1.29, 1.82) is 0 Å². The molecule has 2 heterocycles. The van der Waals surface area contributed by atoms with E-state index in [2.05, 4.69) is 4.98 Å². The van der Waals surface area contributed by atoms with Crippen LogP contribution < -0.4 is 5.69 Å². The third kappa shape index (κ3) is 2.82. The summed E-state index contributed by atoms with van der Waals surface area (Å²) in [7, 11) is 0. The molecule has 0 radical (unpaired) electrons. The van der Waals surface area contributed by atoms with Crippen molar-refractivity contribution in [3.8, 4) is 10.6 Å². The molecule has 4 bridgehead atoms. The molecule has 0 N–H and O–H groups in total. The summed E-state index contributed by atoms with van der Waals surface area (Å²) in [6.45, 7) is 0.682. The van der Waals surface area contributed by atoms with E-state index in [9.17, 15) is 14.9 Å². The van der Waals surface area contributed by atoms with Crippen molar-refractivity contribution in [2.75, 3.05) is 0 Å². The van der Waals surface area contributed by atoms with Gasteiger partial charge in [-0.15, -0.1) is 11.3 Å². The van der Waals surface area contributed by atoms with Crippen LogP contribution >= 0.6 is 11.3 Å². The second-order valence-electron chi connectivity index (χ2n) is 9.68. The van der Waals surface area contributed by atoms with Crippen LogP contribution in [0.1, 0.15) is 38.5 Å². The number of thiophene rings is 1. The zero-order chi connectivity index (χ0) is 20.5. The van der Waals surface area contributed by atoms with Crippen LogP contribution in [0.15, 0.2) is 40.5 Å². The highest BCUT2D eigenvalue weighted by Crippen LogP contribution is 2.60. The number of nitro groups is 1. The summed E-state index contributed by atoms with van der Waals surface area (Å²) in [4.78, 5) is 29.5. The van der Waals surface area contributed by atoms with Gasteiger partial charge in [-0.3, -0.25) is 14.7 Å². The summed E-state index contributed by atoms with van der Waals surface area (Å²) in [5.41, 5.74) is 1.28. The fraction of sp³-hybridized carbons (Fsp3) is 0.478. The average molecular weight is 422 g/mol. The second kappa shape index (κ2) is 6.48. The standard InChI is InChI=1S/C23H23N3O3S/c27-22-24-21(20-2-1-5-30-20)18-9-17(26(28)29)3-4-19(18)25(22)13-23-10-14-6-15(11-23)8-16(7-14)12-23/h1-5,9,14-16H,6-8,10-13H2. The van der Waals surface area contributed by atoms with Crippen LogP contribution in [0.4, 0.5) is 5.69 Å². The highest BCUT2D eigenvalue weighted by Gasteiger charge is 2.51. The molecule has 4 saturated carbocycles. The molecule has 4 aliphatic carbocycles. The zero-order valence-electron chi connectivity index (χ0n) is 16.6. The van der Waals surface area contributed by atoms with Crippen molar-refractivity contribution in [1.82, 2.24) is 9.55 Å². The van der Waals surface area contributed by atoms with Crippen LogP contribution in [-0.2, 0) is 6.54 Å². The molecular weight excluding hydrogens is 398 g/mol. The fourth-order valence-corrected chi connectivity index (χ4v) is 7.68. The third-order valence-electron chi connectivity index (χ3n) is 7.59. The van der Waals surface area contributed by atoms with Gasteiger partial charge in [-0.1, -0.05) is 6.07 Å². The molecule has 0 amide bonds. The molecule has 2 aromatic heterocycles. The van der Waals surface area contributed by atoms with Crippen molar-refractivity contribution >= 4 is 27.9 Å². The SMILES string of the molecule is O=c1nc(-c2cccs2)c2cc([N+](=O)[O-])ccc2n1CC12CC3CC(CC(C3)C1)C2. The predicted molar refractivity (Wildman–Crippen MR) is 117 cm³/mol. The predicted octanol–water partition coefficient (Wildman–Crippen LogP) is 5.25. The first-order chi connectivity index (χ1) is 14.5. The number of benzene rings is 1. The van der Waals surface area contributed by atoms with E-state index in [1.54, 1.807) is 12.1 Å². The lowest BCUT2D eigenvalue weighted by molar-refractivity contribution is -0.384. The molecule has 0 unspecified atom stereocenters. The van der Waals surface area contributed by atoms with Gasteiger partial charge in [0.1, 0.15) is 0 Å². The lowest BCUT2D eigenvalue weighted by Crippen LogP contribution is -2.49. The Labute approximate surface area is 177 Å². The van der Waals surface area contributed by atoms with E-state index < -0.39 is 0 Å². The van der Waals surface area contributed by atoms with Crippen molar-refractivity contribution in [3.63, 3.8) is 0 Å². The number of hydrogen-bond acceptors (Lipinski definition) is 5. The number of non-ortho nitro benzene ring substituents is 1. The Bertz CT molecular complexity index is 1180. The minimum absolute atomic E-state index is 0.0297. The molecule has 0 aliphatic heterocycles. The number of rotatable bonds is 4. The van der Waals surface area contributed by atoms with E-state index in [4.69, 9.17) is 0 Å². The van der Waals surface area contributed by atoms with Gasteiger partial charge in [0.15, 0.2) is 0 Å². The minimum atomic E-state index is -0.383. The first kappa shape index (κ1) is 18.2. The van der Waals surface area contributed by atoms with Crippen LogP contribution in [0.2, 0.25) is 0 Å². The topological polar surface area (TPSA) is 78.0 Å². The Morgan fingerprint density at radius 1 is 1.13 bits per heavy atom. The highest BCUT2D eigenvalue weighted by atomic mass is 32.1. The Kier molecular flexibility index (Phi) is 3.94. The number of hydrogen-bond donors (Lipinski definition) is 0. The van der Waals surface area contributed by atoms with Crippen molar-refractivity contribution < 1.29 is 4.92 Å². The molecule has 3 aromatic rings. The number of aromatic nitrogens is 2. The van der Waals surface area contributed by atoms with Crippen molar-refractivity contribution in [3.05, 3.63) is 56.3 Å². The molecule has 4 fully saturated rings. The first-order valence-electron chi connectivity index (χ1n) is 10.7. The van der Waals surface area contributed by atoms with Crippen LogP contribution in [-0.4, -0.2) is 14.5 Å². The number of fused-ring (bicyclic) bond motifs is 1. The van der Waals surface area contributed by atoms with Gasteiger partial charge >= 0.3 is 5.69 Å². The molecule has 0 atom stereocenters. The van der Waals surface area contributed by atoms with Gasteiger partial charge in [0.05, 0.1) is 21.0 Å². The van der Waals surface area contributed by atoms with Crippen molar-refractivity contribution in [2.24, 2.45) is 23.2 Å². The van der Waals surface area contributed by atoms with Gasteiger partial charge in [-0.2, -0.15) is 4.98 Å². The summed E-state index contributed by atoms with van der Waals surface area (Å²) in [5.74, 6) is 2.41. The summed E-state index contributed by atoms with van der Waals surface area (Å²) in [6.07, 6.45) is 7.68. The van der Waals surface area contributed by atoms with Crippen molar-refractivity contribution in [2.45, 2.75) is 45.1 Å². The molecule has 4 aliphatic rings. The van der Waals surface area contributed by atoms with E-state index in [-0.39, 0.29) is 21.7 Å². The Hall–Kier alpha value is -2.54. The molecule has 1 aromatic carbocycles. The Morgan fingerprint density at radius 2 is 1.83 bits per heavy atom. The third-order valence-corrected chi connectivity index (χ3v) is 8.46.